The number of para-hydroxylation sites is 1. The highest BCUT2D eigenvalue weighted by Crippen LogP contribution is 2.48. The van der Waals surface area contributed by atoms with Crippen molar-refractivity contribution in [2.45, 2.75) is 57.7 Å². The molecule has 4 rings (SSSR count). The summed E-state index contributed by atoms with van der Waals surface area (Å²) in [5, 5.41) is 11.4. The molecule has 0 spiro atoms. The van der Waals surface area contributed by atoms with Gasteiger partial charge in [-0.2, -0.15) is 0 Å². The molecule has 1 atom stereocenters. The van der Waals surface area contributed by atoms with Gasteiger partial charge in [0.15, 0.2) is 11.5 Å². The molecule has 2 aliphatic rings. The van der Waals surface area contributed by atoms with E-state index in [1.807, 2.05) is 19.9 Å². The molecule has 0 bridgehead atoms. The topological polar surface area (TPSA) is 85.3 Å². The summed E-state index contributed by atoms with van der Waals surface area (Å²) in [4.78, 5) is 28.3. The minimum atomic E-state index is -0.789. The number of benzene rings is 2. The first-order valence-corrected chi connectivity index (χ1v) is 11.7. The van der Waals surface area contributed by atoms with Gasteiger partial charge in [-0.1, -0.05) is 37.1 Å². The highest BCUT2D eigenvalue weighted by Gasteiger charge is 2.50. The van der Waals surface area contributed by atoms with Crippen molar-refractivity contribution in [3.63, 3.8) is 0 Å². The number of ketones is 1. The lowest BCUT2D eigenvalue weighted by molar-refractivity contribution is -0.141. The number of hydrogen-bond acceptors (Lipinski definition) is 6. The van der Waals surface area contributed by atoms with Crippen molar-refractivity contribution >= 4 is 17.4 Å². The number of rotatable bonds is 7. The molecule has 1 N–H and O–H groups in total. The number of Topliss-reactive ketones (excluding diaryl/α,β-unsaturated/α-hetero) is 1. The third-order valence-corrected chi connectivity index (χ3v) is 6.41. The number of carbonyl (C=O) groups excluding carboxylic acids is 2. The average Bonchev–Trinajstić information content (AvgIpc) is 3.44. The van der Waals surface area contributed by atoms with E-state index in [4.69, 9.17) is 14.2 Å². The molecule has 1 heterocycles. The van der Waals surface area contributed by atoms with Crippen LogP contribution in [0.3, 0.4) is 0 Å². The summed E-state index contributed by atoms with van der Waals surface area (Å²) in [7, 11) is 3.06. The maximum atomic E-state index is 13.4. The van der Waals surface area contributed by atoms with Gasteiger partial charge >= 0.3 is 0 Å². The zero-order valence-electron chi connectivity index (χ0n) is 20.0. The van der Waals surface area contributed by atoms with Gasteiger partial charge in [-0.15, -0.1) is 0 Å². The van der Waals surface area contributed by atoms with Crippen LogP contribution in [-0.2, 0) is 9.59 Å². The molecule has 34 heavy (non-hydrogen) atoms. The fourth-order valence-corrected chi connectivity index (χ4v) is 4.99. The summed E-state index contributed by atoms with van der Waals surface area (Å²) >= 11 is 0. The molecule has 2 aromatic rings. The van der Waals surface area contributed by atoms with E-state index in [0.717, 1.165) is 25.7 Å². The molecular weight excluding hydrogens is 434 g/mol. The number of methoxy groups -OCH3 is 2. The fourth-order valence-electron chi connectivity index (χ4n) is 4.99. The van der Waals surface area contributed by atoms with Crippen molar-refractivity contribution in [2.75, 3.05) is 14.2 Å². The van der Waals surface area contributed by atoms with E-state index in [1.165, 1.54) is 14.2 Å². The predicted octanol–water partition coefficient (Wildman–Crippen LogP) is 4.86. The Morgan fingerprint density at radius 1 is 1.03 bits per heavy atom. The van der Waals surface area contributed by atoms with Gasteiger partial charge in [0.1, 0.15) is 11.5 Å². The Morgan fingerprint density at radius 2 is 1.74 bits per heavy atom. The monoisotopic (exact) mass is 465 g/mol. The smallest absolute Gasteiger partial charge is 0.295 e. The Hall–Kier alpha value is -3.48. The van der Waals surface area contributed by atoms with Gasteiger partial charge in [-0.3, -0.25) is 9.59 Å². The van der Waals surface area contributed by atoms with Gasteiger partial charge in [-0.05, 0) is 44.9 Å². The van der Waals surface area contributed by atoms with Crippen LogP contribution in [0.15, 0.2) is 48.0 Å². The van der Waals surface area contributed by atoms with Crippen LogP contribution in [0.2, 0.25) is 0 Å². The van der Waals surface area contributed by atoms with Crippen LogP contribution < -0.4 is 14.2 Å². The van der Waals surface area contributed by atoms with Crippen molar-refractivity contribution in [2.24, 2.45) is 0 Å². The highest BCUT2D eigenvalue weighted by atomic mass is 16.5. The Balaban J connectivity index is 1.92. The van der Waals surface area contributed by atoms with Crippen LogP contribution in [0.1, 0.15) is 56.7 Å². The molecule has 1 amide bonds. The molecule has 1 aliphatic carbocycles. The van der Waals surface area contributed by atoms with Gasteiger partial charge in [0.2, 0.25) is 0 Å². The van der Waals surface area contributed by atoms with Gasteiger partial charge in [0, 0.05) is 17.2 Å². The summed E-state index contributed by atoms with van der Waals surface area (Å²) in [6.07, 6.45) is 3.56. The molecule has 7 nitrogen and oxygen atoms in total. The number of hydrogen-bond donors (Lipinski definition) is 1. The zero-order valence-corrected chi connectivity index (χ0v) is 20.0. The maximum Gasteiger partial charge on any atom is 0.295 e. The van der Waals surface area contributed by atoms with Crippen LogP contribution in [0.5, 0.6) is 17.2 Å². The number of nitrogens with zero attached hydrogens (tertiary/aromatic N) is 1. The molecule has 2 aromatic carbocycles. The van der Waals surface area contributed by atoms with E-state index in [-0.39, 0.29) is 23.5 Å². The van der Waals surface area contributed by atoms with E-state index in [2.05, 4.69) is 0 Å². The summed E-state index contributed by atoms with van der Waals surface area (Å²) in [5.41, 5.74) is 1.06. The lowest BCUT2D eigenvalue weighted by atomic mass is 9.93. The quantitative estimate of drug-likeness (QED) is 0.357. The fraction of sp³-hybridized carbons (Fsp3) is 0.407. The SMILES string of the molecule is COc1cccc(C2/C(=C(/O)c3cccc(OC(C)C)c3)C(=O)C(=O)N2C2CCCC2)c1OC. The van der Waals surface area contributed by atoms with Gasteiger partial charge in [0.05, 0.1) is 31.9 Å². The van der Waals surface area contributed by atoms with Crippen molar-refractivity contribution in [3.8, 4) is 17.2 Å². The summed E-state index contributed by atoms with van der Waals surface area (Å²) in [6, 6.07) is 11.4. The normalized spacial score (nSPS) is 20.3. The first-order chi connectivity index (χ1) is 16.4. The highest BCUT2D eigenvalue weighted by molar-refractivity contribution is 6.46. The Labute approximate surface area is 199 Å². The second-order valence-corrected chi connectivity index (χ2v) is 8.92. The molecule has 1 saturated carbocycles. The van der Waals surface area contributed by atoms with Crippen molar-refractivity contribution in [3.05, 3.63) is 59.2 Å². The predicted molar refractivity (Wildman–Crippen MR) is 128 cm³/mol. The Morgan fingerprint density at radius 3 is 2.38 bits per heavy atom. The molecule has 0 aromatic heterocycles. The first kappa shape index (κ1) is 23.7. The van der Waals surface area contributed by atoms with E-state index in [9.17, 15) is 14.7 Å². The average molecular weight is 466 g/mol. The first-order valence-electron chi connectivity index (χ1n) is 11.7. The molecule has 0 radical (unpaired) electrons. The largest absolute Gasteiger partial charge is 0.507 e. The number of aliphatic hydroxyl groups excluding tert-OH is 1. The second-order valence-electron chi connectivity index (χ2n) is 8.92. The van der Waals surface area contributed by atoms with Crippen LogP contribution in [0, 0.1) is 0 Å². The third kappa shape index (κ3) is 4.22. The summed E-state index contributed by atoms with van der Waals surface area (Å²) in [5.74, 6) is -0.0399. The maximum absolute atomic E-state index is 13.4. The van der Waals surface area contributed by atoms with Crippen molar-refractivity contribution in [1.29, 1.82) is 0 Å². The van der Waals surface area contributed by atoms with Gasteiger partial charge in [0.25, 0.3) is 11.7 Å². The van der Waals surface area contributed by atoms with E-state index in [0.29, 0.717) is 28.4 Å². The van der Waals surface area contributed by atoms with Gasteiger partial charge in [-0.25, -0.2) is 0 Å². The molecular formula is C27H31NO6. The molecule has 180 valence electrons. The van der Waals surface area contributed by atoms with Crippen LogP contribution in [-0.4, -0.2) is 48.1 Å². The van der Waals surface area contributed by atoms with Crippen LogP contribution in [0.25, 0.3) is 5.76 Å². The van der Waals surface area contributed by atoms with E-state index >= 15 is 0 Å². The molecule has 7 heteroatoms. The lowest BCUT2D eigenvalue weighted by Gasteiger charge is -2.31. The minimum Gasteiger partial charge on any atom is -0.507 e. The number of carbonyl (C=O) groups is 2. The molecule has 2 fully saturated rings. The minimum absolute atomic E-state index is 0.0464. The van der Waals surface area contributed by atoms with Crippen LogP contribution in [0.4, 0.5) is 0 Å². The standard InChI is InChI=1S/C27H31NO6/c1-16(2)34-19-12-7-9-17(15-19)24(29)22-23(20-13-8-14-21(32-3)26(20)33-4)28(27(31)25(22)30)18-10-5-6-11-18/h7-9,12-16,18,23,29H,5-6,10-11H2,1-4H3/b24-22-. The zero-order chi connectivity index (χ0) is 24.4. The molecule has 1 aliphatic heterocycles. The van der Waals surface area contributed by atoms with E-state index < -0.39 is 17.7 Å². The lowest BCUT2D eigenvalue weighted by Crippen LogP contribution is -2.37. The van der Waals surface area contributed by atoms with Crippen molar-refractivity contribution in [1.82, 2.24) is 4.90 Å². The number of aliphatic hydroxyl groups is 1. The van der Waals surface area contributed by atoms with E-state index in [1.54, 1.807) is 41.3 Å². The summed E-state index contributed by atoms with van der Waals surface area (Å²) in [6.45, 7) is 3.82. The molecule has 1 saturated heterocycles. The van der Waals surface area contributed by atoms with Gasteiger partial charge < -0.3 is 24.2 Å². The number of amides is 1. The summed E-state index contributed by atoms with van der Waals surface area (Å²) < 4.78 is 16.9. The molecule has 1 unspecified atom stereocenters. The Bertz CT molecular complexity index is 1120. The third-order valence-electron chi connectivity index (χ3n) is 6.41. The Kier molecular flexibility index (Phi) is 6.82. The number of ether oxygens (including phenoxy) is 3. The van der Waals surface area contributed by atoms with Crippen molar-refractivity contribution < 1.29 is 28.9 Å². The number of likely N-dealkylation sites (tertiary alicyclic amines) is 1. The second kappa shape index (κ2) is 9.79. The van der Waals surface area contributed by atoms with Crippen LogP contribution >= 0.6 is 0 Å².